The third-order valence-electron chi connectivity index (χ3n) is 2.40. The van der Waals surface area contributed by atoms with Gasteiger partial charge >= 0.3 is 0 Å². The molecular formula is C11H11Br2N3S. The molecule has 3 nitrogen and oxygen atoms in total. The molecule has 6 heteroatoms. The summed E-state index contributed by atoms with van der Waals surface area (Å²) in [5.74, 6) is 5.62. The average Bonchev–Trinajstić information content (AvgIpc) is 2.73. The Morgan fingerprint density at radius 3 is 2.76 bits per heavy atom. The fourth-order valence-corrected chi connectivity index (χ4v) is 3.64. The minimum Gasteiger partial charge on any atom is -0.271 e. The Balaban J connectivity index is 2.23. The minimum atomic E-state index is 0.000486. The van der Waals surface area contributed by atoms with E-state index in [0.29, 0.717) is 0 Å². The van der Waals surface area contributed by atoms with Crippen LogP contribution in [0.4, 0.5) is 0 Å². The van der Waals surface area contributed by atoms with E-state index in [4.69, 9.17) is 5.84 Å². The largest absolute Gasteiger partial charge is 0.271 e. The lowest BCUT2D eigenvalue weighted by molar-refractivity contribution is 0.539. The number of hydrogen-bond acceptors (Lipinski definition) is 4. The quantitative estimate of drug-likeness (QED) is 0.634. The van der Waals surface area contributed by atoms with E-state index in [1.165, 1.54) is 4.88 Å². The van der Waals surface area contributed by atoms with Crippen LogP contribution in [0.1, 0.15) is 16.6 Å². The first-order valence-corrected chi connectivity index (χ1v) is 7.47. The van der Waals surface area contributed by atoms with E-state index in [9.17, 15) is 0 Å². The van der Waals surface area contributed by atoms with Crippen LogP contribution in [-0.4, -0.2) is 4.98 Å². The molecule has 0 radical (unpaired) electrons. The van der Waals surface area contributed by atoms with Gasteiger partial charge in [0.05, 0.1) is 11.7 Å². The summed E-state index contributed by atoms with van der Waals surface area (Å²) in [7, 11) is 0. The van der Waals surface area contributed by atoms with Gasteiger partial charge in [0, 0.05) is 26.4 Å². The molecule has 1 unspecified atom stereocenters. The summed E-state index contributed by atoms with van der Waals surface area (Å²) in [6, 6.07) is 5.90. The highest BCUT2D eigenvalue weighted by Gasteiger charge is 2.16. The van der Waals surface area contributed by atoms with E-state index >= 15 is 0 Å². The van der Waals surface area contributed by atoms with Crippen molar-refractivity contribution in [1.82, 2.24) is 10.4 Å². The SMILES string of the molecule is NNC(Cc1sccc1Br)c1ncccc1Br. The van der Waals surface area contributed by atoms with Gasteiger partial charge in [0.2, 0.25) is 0 Å². The van der Waals surface area contributed by atoms with E-state index in [0.717, 1.165) is 21.1 Å². The number of hydrogen-bond donors (Lipinski definition) is 2. The van der Waals surface area contributed by atoms with Crippen LogP contribution in [0.15, 0.2) is 38.7 Å². The van der Waals surface area contributed by atoms with E-state index in [2.05, 4.69) is 47.6 Å². The van der Waals surface area contributed by atoms with Crippen molar-refractivity contribution >= 4 is 43.2 Å². The van der Waals surface area contributed by atoms with Gasteiger partial charge in [-0.25, -0.2) is 0 Å². The van der Waals surface area contributed by atoms with Gasteiger partial charge in [-0.05, 0) is 55.4 Å². The van der Waals surface area contributed by atoms with Gasteiger partial charge in [0.15, 0.2) is 0 Å². The number of hydrazine groups is 1. The van der Waals surface area contributed by atoms with Gasteiger partial charge < -0.3 is 0 Å². The Morgan fingerprint density at radius 1 is 1.35 bits per heavy atom. The molecule has 0 saturated heterocycles. The van der Waals surface area contributed by atoms with Crippen LogP contribution < -0.4 is 11.3 Å². The molecule has 0 amide bonds. The van der Waals surface area contributed by atoms with Crippen molar-refractivity contribution in [3.05, 3.63) is 49.3 Å². The molecule has 1 atom stereocenters. The lowest BCUT2D eigenvalue weighted by Crippen LogP contribution is -2.30. The highest BCUT2D eigenvalue weighted by atomic mass is 79.9. The zero-order chi connectivity index (χ0) is 12.3. The van der Waals surface area contributed by atoms with Crippen LogP contribution in [0.3, 0.4) is 0 Å². The first kappa shape index (κ1) is 13.2. The Bertz CT molecular complexity index is 501. The van der Waals surface area contributed by atoms with Crippen LogP contribution in [-0.2, 0) is 6.42 Å². The summed E-state index contributed by atoms with van der Waals surface area (Å²) in [6.07, 6.45) is 2.58. The Morgan fingerprint density at radius 2 is 2.18 bits per heavy atom. The summed E-state index contributed by atoms with van der Waals surface area (Å²) >= 11 is 8.73. The summed E-state index contributed by atoms with van der Waals surface area (Å²) in [4.78, 5) is 5.61. The molecule has 0 fully saturated rings. The Kier molecular flexibility index (Phi) is 4.69. The summed E-state index contributed by atoms with van der Waals surface area (Å²) in [5, 5.41) is 2.06. The maximum Gasteiger partial charge on any atom is 0.0732 e. The molecule has 2 heterocycles. The first-order valence-electron chi connectivity index (χ1n) is 5.00. The topological polar surface area (TPSA) is 50.9 Å². The second-order valence-electron chi connectivity index (χ2n) is 3.49. The molecular weight excluding hydrogens is 366 g/mol. The maximum atomic E-state index is 5.62. The molecule has 3 N–H and O–H groups in total. The lowest BCUT2D eigenvalue weighted by atomic mass is 10.1. The molecule has 0 bridgehead atoms. The van der Waals surface area contributed by atoms with Crippen molar-refractivity contribution in [2.75, 3.05) is 0 Å². The average molecular weight is 377 g/mol. The molecule has 2 aromatic heterocycles. The number of nitrogens with one attached hydrogen (secondary N) is 1. The van der Waals surface area contributed by atoms with Crippen molar-refractivity contribution in [2.45, 2.75) is 12.5 Å². The smallest absolute Gasteiger partial charge is 0.0732 e. The first-order chi connectivity index (χ1) is 8.22. The predicted molar refractivity (Wildman–Crippen MR) is 77.7 cm³/mol. The number of rotatable bonds is 4. The second-order valence-corrected chi connectivity index (χ2v) is 6.19. The van der Waals surface area contributed by atoms with E-state index in [1.54, 1.807) is 17.5 Å². The number of thiophene rings is 1. The van der Waals surface area contributed by atoms with Gasteiger partial charge in [0.1, 0.15) is 0 Å². The molecule has 0 aromatic carbocycles. The van der Waals surface area contributed by atoms with Gasteiger partial charge in [-0.2, -0.15) is 0 Å². The van der Waals surface area contributed by atoms with Crippen LogP contribution in [0.2, 0.25) is 0 Å². The predicted octanol–water partition coefficient (Wildman–Crippen LogP) is 3.42. The number of nitrogens with two attached hydrogens (primary N) is 1. The molecule has 90 valence electrons. The van der Waals surface area contributed by atoms with Crippen molar-refractivity contribution in [2.24, 2.45) is 5.84 Å². The summed E-state index contributed by atoms with van der Waals surface area (Å²) < 4.78 is 2.09. The number of nitrogens with zero attached hydrogens (tertiary/aromatic N) is 1. The van der Waals surface area contributed by atoms with Crippen molar-refractivity contribution < 1.29 is 0 Å². The van der Waals surface area contributed by atoms with Gasteiger partial charge in [0.25, 0.3) is 0 Å². The molecule has 2 rings (SSSR count). The van der Waals surface area contributed by atoms with Crippen molar-refractivity contribution in [3.8, 4) is 0 Å². The molecule has 0 spiro atoms. The number of aromatic nitrogens is 1. The lowest BCUT2D eigenvalue weighted by Gasteiger charge is -2.16. The normalized spacial score (nSPS) is 12.6. The van der Waals surface area contributed by atoms with E-state index < -0.39 is 0 Å². The van der Waals surface area contributed by atoms with Gasteiger partial charge in [-0.1, -0.05) is 0 Å². The zero-order valence-corrected chi connectivity index (χ0v) is 12.8. The van der Waals surface area contributed by atoms with Gasteiger partial charge in [-0.15, -0.1) is 11.3 Å². The Labute approximate surface area is 121 Å². The van der Waals surface area contributed by atoms with Crippen LogP contribution in [0.5, 0.6) is 0 Å². The summed E-state index contributed by atoms with van der Waals surface area (Å²) in [6.45, 7) is 0. The van der Waals surface area contributed by atoms with E-state index in [1.807, 2.05) is 18.2 Å². The van der Waals surface area contributed by atoms with Crippen molar-refractivity contribution in [1.29, 1.82) is 0 Å². The third kappa shape index (κ3) is 3.14. The molecule has 0 aliphatic carbocycles. The third-order valence-corrected chi connectivity index (χ3v) is 5.02. The molecule has 0 aliphatic heterocycles. The highest BCUT2D eigenvalue weighted by molar-refractivity contribution is 9.10. The molecule has 17 heavy (non-hydrogen) atoms. The Hall–Kier alpha value is -0.270. The van der Waals surface area contributed by atoms with Crippen molar-refractivity contribution in [3.63, 3.8) is 0 Å². The maximum absolute atomic E-state index is 5.62. The highest BCUT2D eigenvalue weighted by Crippen LogP contribution is 2.29. The number of halogens is 2. The van der Waals surface area contributed by atoms with Crippen LogP contribution >= 0.6 is 43.2 Å². The van der Waals surface area contributed by atoms with E-state index in [-0.39, 0.29) is 6.04 Å². The molecule has 0 aliphatic rings. The minimum absolute atomic E-state index is 0.000486. The fraction of sp³-hybridized carbons (Fsp3) is 0.182. The molecule has 0 saturated carbocycles. The second kappa shape index (κ2) is 6.06. The standard InChI is InChI=1S/C11H11Br2N3S/c12-7-3-5-17-10(7)6-9(16-14)11-8(13)2-1-4-15-11/h1-5,9,16H,6,14H2. The van der Waals surface area contributed by atoms with Crippen LogP contribution in [0.25, 0.3) is 0 Å². The van der Waals surface area contributed by atoms with Gasteiger partial charge in [-0.3, -0.25) is 16.3 Å². The fourth-order valence-electron chi connectivity index (χ4n) is 1.54. The van der Waals surface area contributed by atoms with Crippen LogP contribution in [0, 0.1) is 0 Å². The monoisotopic (exact) mass is 375 g/mol. The molecule has 2 aromatic rings. The summed E-state index contributed by atoms with van der Waals surface area (Å²) in [5.41, 5.74) is 3.74. The number of pyridine rings is 1. The zero-order valence-electron chi connectivity index (χ0n) is 8.86.